The molecule has 0 bridgehead atoms. The number of aryl methyl sites for hydroxylation is 4. The van der Waals surface area contributed by atoms with Crippen molar-refractivity contribution in [3.05, 3.63) is 52.4 Å². The van der Waals surface area contributed by atoms with Crippen molar-refractivity contribution < 1.29 is 4.79 Å². The number of Topliss-reactive ketones (excluding diaryl/α,β-unsaturated/α-hetero) is 1. The predicted molar refractivity (Wildman–Crippen MR) is 80.5 cm³/mol. The number of aromatic nitrogens is 3. The lowest BCUT2D eigenvalue weighted by molar-refractivity contribution is 0.0869. The van der Waals surface area contributed by atoms with Gasteiger partial charge in [-0.1, -0.05) is 0 Å². The van der Waals surface area contributed by atoms with Crippen LogP contribution in [-0.2, 0) is 11.8 Å². The highest BCUT2D eigenvalue weighted by Crippen LogP contribution is 2.37. The van der Waals surface area contributed by atoms with Gasteiger partial charge >= 0.3 is 0 Å². The van der Waals surface area contributed by atoms with Gasteiger partial charge in [-0.25, -0.2) is 9.97 Å². The highest BCUT2D eigenvalue weighted by molar-refractivity contribution is 6.06. The summed E-state index contributed by atoms with van der Waals surface area (Å²) in [6.45, 7) is 7.77. The zero-order valence-corrected chi connectivity index (χ0v) is 12.9. The molecule has 2 aromatic heterocycles. The number of hydrogen-bond acceptors (Lipinski definition) is 4. The minimum absolute atomic E-state index is 0.131. The summed E-state index contributed by atoms with van der Waals surface area (Å²) in [5.41, 5.74) is 3.84. The van der Waals surface area contributed by atoms with Crippen LogP contribution in [0.1, 0.15) is 52.2 Å². The minimum atomic E-state index is -0.584. The molecule has 0 aliphatic heterocycles. The first-order chi connectivity index (χ1) is 9.91. The van der Waals surface area contributed by atoms with E-state index in [1.54, 1.807) is 6.20 Å². The van der Waals surface area contributed by atoms with Gasteiger partial charge in [0.05, 0.1) is 16.8 Å². The molecule has 0 N–H and O–H groups in total. The molecular formula is C17H19N3O. The van der Waals surface area contributed by atoms with E-state index >= 15 is 0 Å². The van der Waals surface area contributed by atoms with Gasteiger partial charge in [-0.05, 0) is 58.2 Å². The van der Waals surface area contributed by atoms with Crippen LogP contribution in [0.2, 0.25) is 0 Å². The van der Waals surface area contributed by atoms with E-state index in [-0.39, 0.29) is 5.78 Å². The van der Waals surface area contributed by atoms with E-state index in [0.717, 1.165) is 41.1 Å². The van der Waals surface area contributed by atoms with Gasteiger partial charge in [0, 0.05) is 17.5 Å². The Hall–Kier alpha value is -2.10. The highest BCUT2D eigenvalue weighted by Gasteiger charge is 2.42. The van der Waals surface area contributed by atoms with Crippen molar-refractivity contribution in [2.75, 3.05) is 0 Å². The fourth-order valence-corrected chi connectivity index (χ4v) is 3.12. The molecular weight excluding hydrogens is 262 g/mol. The second-order valence-electron chi connectivity index (χ2n) is 6.05. The van der Waals surface area contributed by atoms with E-state index in [1.165, 1.54) is 0 Å². The molecule has 0 amide bonds. The molecule has 1 aliphatic rings. The Labute approximate surface area is 124 Å². The van der Waals surface area contributed by atoms with Gasteiger partial charge in [0.2, 0.25) is 0 Å². The Morgan fingerprint density at radius 1 is 1.19 bits per heavy atom. The molecule has 3 rings (SSSR count). The van der Waals surface area contributed by atoms with Crippen LogP contribution in [0, 0.1) is 20.8 Å². The number of pyridine rings is 1. The van der Waals surface area contributed by atoms with Crippen molar-refractivity contribution >= 4 is 5.78 Å². The average molecular weight is 281 g/mol. The lowest BCUT2D eigenvalue weighted by atomic mass is 9.70. The van der Waals surface area contributed by atoms with Gasteiger partial charge in [0.25, 0.3) is 0 Å². The number of nitrogens with zero attached hydrogens (tertiary/aromatic N) is 3. The Morgan fingerprint density at radius 2 is 1.95 bits per heavy atom. The maximum absolute atomic E-state index is 13.1. The molecule has 0 saturated heterocycles. The molecule has 2 heterocycles. The molecule has 0 fully saturated rings. The van der Waals surface area contributed by atoms with Gasteiger partial charge in [0.1, 0.15) is 5.82 Å². The third-order valence-corrected chi connectivity index (χ3v) is 4.36. The topological polar surface area (TPSA) is 55.7 Å². The molecule has 108 valence electrons. The van der Waals surface area contributed by atoms with E-state index in [0.29, 0.717) is 5.82 Å². The molecule has 0 aromatic carbocycles. The number of rotatable bonds is 1. The Bertz CT molecular complexity index is 719. The van der Waals surface area contributed by atoms with Gasteiger partial charge in [-0.3, -0.25) is 9.78 Å². The van der Waals surface area contributed by atoms with E-state index in [9.17, 15) is 4.79 Å². The molecule has 4 heteroatoms. The molecule has 1 atom stereocenters. The Kier molecular flexibility index (Phi) is 3.12. The molecule has 1 unspecified atom stereocenters. The largest absolute Gasteiger partial charge is 0.293 e. The van der Waals surface area contributed by atoms with Crippen molar-refractivity contribution in [1.29, 1.82) is 0 Å². The summed E-state index contributed by atoms with van der Waals surface area (Å²) >= 11 is 0. The van der Waals surface area contributed by atoms with Crippen LogP contribution < -0.4 is 0 Å². The van der Waals surface area contributed by atoms with Gasteiger partial charge < -0.3 is 0 Å². The second-order valence-corrected chi connectivity index (χ2v) is 6.05. The van der Waals surface area contributed by atoms with Crippen LogP contribution in [-0.4, -0.2) is 20.7 Å². The van der Waals surface area contributed by atoms with Crippen molar-refractivity contribution in [3.63, 3.8) is 0 Å². The number of carbonyl (C=O) groups is 1. The zero-order valence-electron chi connectivity index (χ0n) is 12.9. The minimum Gasteiger partial charge on any atom is -0.293 e. The molecule has 0 saturated carbocycles. The maximum Gasteiger partial charge on any atom is 0.176 e. The van der Waals surface area contributed by atoms with Gasteiger partial charge in [0.15, 0.2) is 5.78 Å². The monoisotopic (exact) mass is 281 g/mol. The zero-order chi connectivity index (χ0) is 15.2. The van der Waals surface area contributed by atoms with Crippen LogP contribution >= 0.6 is 0 Å². The summed E-state index contributed by atoms with van der Waals surface area (Å²) in [6, 6.07) is 3.83. The van der Waals surface area contributed by atoms with Gasteiger partial charge in [-0.15, -0.1) is 0 Å². The van der Waals surface area contributed by atoms with Crippen molar-refractivity contribution in [3.8, 4) is 0 Å². The van der Waals surface area contributed by atoms with Crippen molar-refractivity contribution in [2.45, 2.75) is 46.0 Å². The van der Waals surface area contributed by atoms with E-state index in [1.807, 2.05) is 39.8 Å². The van der Waals surface area contributed by atoms with E-state index < -0.39 is 5.41 Å². The molecule has 1 aliphatic carbocycles. The number of fused-ring (bicyclic) bond motifs is 1. The van der Waals surface area contributed by atoms with Gasteiger partial charge in [-0.2, -0.15) is 0 Å². The Balaban J connectivity index is 2.15. The first-order valence-corrected chi connectivity index (χ1v) is 7.24. The Morgan fingerprint density at radius 3 is 2.67 bits per heavy atom. The second kappa shape index (κ2) is 4.72. The number of carbonyl (C=O) groups excluding carboxylic acids is 1. The summed E-state index contributed by atoms with van der Waals surface area (Å²) in [5, 5.41) is 0. The van der Waals surface area contributed by atoms with E-state index in [2.05, 4.69) is 15.0 Å². The SMILES string of the molecule is Cc1cc(C2(C)CCc3nccc(C)c3C2=O)nc(C)n1. The van der Waals surface area contributed by atoms with Crippen LogP contribution in [0.5, 0.6) is 0 Å². The lowest BCUT2D eigenvalue weighted by Gasteiger charge is -2.33. The smallest absolute Gasteiger partial charge is 0.176 e. The van der Waals surface area contributed by atoms with Crippen LogP contribution in [0.3, 0.4) is 0 Å². The molecule has 21 heavy (non-hydrogen) atoms. The summed E-state index contributed by atoms with van der Waals surface area (Å²) in [4.78, 5) is 26.3. The molecule has 0 radical (unpaired) electrons. The number of ketones is 1. The van der Waals surface area contributed by atoms with Crippen LogP contribution in [0.4, 0.5) is 0 Å². The highest BCUT2D eigenvalue weighted by atomic mass is 16.1. The third-order valence-electron chi connectivity index (χ3n) is 4.36. The van der Waals surface area contributed by atoms with Crippen molar-refractivity contribution in [1.82, 2.24) is 15.0 Å². The quantitative estimate of drug-likeness (QED) is 0.806. The first-order valence-electron chi connectivity index (χ1n) is 7.24. The summed E-state index contributed by atoms with van der Waals surface area (Å²) < 4.78 is 0. The normalized spacial score (nSPS) is 21.2. The molecule has 2 aromatic rings. The fourth-order valence-electron chi connectivity index (χ4n) is 3.12. The standard InChI is InChI=1S/C17H19N3O/c1-10-6-8-18-13-5-7-17(4,16(21)15(10)13)14-9-11(2)19-12(3)20-14/h6,8-9H,5,7H2,1-4H3. The summed E-state index contributed by atoms with van der Waals surface area (Å²) in [5.74, 6) is 0.847. The van der Waals surface area contributed by atoms with Crippen molar-refractivity contribution in [2.24, 2.45) is 0 Å². The van der Waals surface area contributed by atoms with E-state index in [4.69, 9.17) is 0 Å². The fraction of sp³-hybridized carbons (Fsp3) is 0.412. The summed E-state index contributed by atoms with van der Waals surface area (Å²) in [7, 11) is 0. The lowest BCUT2D eigenvalue weighted by Crippen LogP contribution is -2.39. The van der Waals surface area contributed by atoms with Crippen LogP contribution in [0.25, 0.3) is 0 Å². The molecule has 0 spiro atoms. The summed E-state index contributed by atoms with van der Waals surface area (Å²) in [6.07, 6.45) is 3.33. The first kappa shape index (κ1) is 13.9. The third kappa shape index (κ3) is 2.15. The van der Waals surface area contributed by atoms with Crippen LogP contribution in [0.15, 0.2) is 18.3 Å². The molecule has 4 nitrogen and oxygen atoms in total. The number of hydrogen-bond donors (Lipinski definition) is 0. The predicted octanol–water partition coefficient (Wildman–Crippen LogP) is 2.88. The maximum atomic E-state index is 13.1. The average Bonchev–Trinajstić information content (AvgIpc) is 2.42.